The number of carbonyl (C=O) groups is 2. The number of hydrogen-bond donors (Lipinski definition) is 0. The van der Waals surface area contributed by atoms with Crippen LogP contribution in [0.1, 0.15) is 58.5 Å². The minimum Gasteiger partial charge on any atom is -0.459 e. The van der Waals surface area contributed by atoms with Crippen LogP contribution in [0.3, 0.4) is 0 Å². The van der Waals surface area contributed by atoms with Gasteiger partial charge in [0, 0.05) is 18.1 Å². The fourth-order valence-electron chi connectivity index (χ4n) is 4.33. The van der Waals surface area contributed by atoms with Crippen molar-refractivity contribution in [2.75, 3.05) is 0 Å². The fourth-order valence-corrected chi connectivity index (χ4v) is 4.33. The molecule has 4 nitrogen and oxygen atoms in total. The average Bonchev–Trinajstić information content (AvgIpc) is 2.95. The Morgan fingerprint density at radius 1 is 0.789 bits per heavy atom. The van der Waals surface area contributed by atoms with Crippen molar-refractivity contribution < 1.29 is 23.1 Å². The van der Waals surface area contributed by atoms with E-state index in [-0.39, 0.29) is 12.2 Å². The molecule has 0 spiro atoms. The minimum atomic E-state index is -3.06. The first-order chi connectivity index (χ1) is 18.3. The van der Waals surface area contributed by atoms with E-state index in [1.165, 1.54) is 23.1 Å². The molecule has 4 aromatic rings. The maximum Gasteiger partial charge on any atom is 0.333 e. The van der Waals surface area contributed by atoms with Crippen LogP contribution in [0.4, 0.5) is 8.78 Å². The van der Waals surface area contributed by atoms with Gasteiger partial charge in [0.15, 0.2) is 6.04 Å². The van der Waals surface area contributed by atoms with Crippen LogP contribution < -0.4 is 0 Å². The second-order valence-electron chi connectivity index (χ2n) is 9.17. The molecule has 4 aromatic carbocycles. The molecule has 0 unspecified atom stereocenters. The summed E-state index contributed by atoms with van der Waals surface area (Å²) in [4.78, 5) is 29.1. The summed E-state index contributed by atoms with van der Waals surface area (Å²) in [7, 11) is 0. The third-order valence-electron chi connectivity index (χ3n) is 6.39. The number of ether oxygens (including phenoxy) is 1. The van der Waals surface area contributed by atoms with Crippen molar-refractivity contribution in [3.63, 3.8) is 0 Å². The summed E-state index contributed by atoms with van der Waals surface area (Å²) in [6, 6.07) is 30.8. The number of alkyl halides is 2. The van der Waals surface area contributed by atoms with E-state index in [2.05, 4.69) is 0 Å². The Hall–Kier alpha value is -4.32. The molecule has 0 bridgehead atoms. The van der Waals surface area contributed by atoms with Crippen LogP contribution in [0.25, 0.3) is 0 Å². The SMILES string of the molecule is C[C@H](c1cccc(C(C)(F)F)c1)N(C(=O)c1ccccc1)[C@@H](C(=O)OCc1ccccc1)c1ccccc1. The van der Waals surface area contributed by atoms with Gasteiger partial charge in [0.2, 0.25) is 0 Å². The molecule has 0 aromatic heterocycles. The highest BCUT2D eigenvalue weighted by atomic mass is 19.3. The Balaban J connectivity index is 1.79. The molecule has 0 saturated heterocycles. The fraction of sp³-hybridized carbons (Fsp3) is 0.188. The Labute approximate surface area is 221 Å². The molecular formula is C32H29F2NO3. The molecule has 6 heteroatoms. The molecule has 0 heterocycles. The predicted octanol–water partition coefficient (Wildman–Crippen LogP) is 7.49. The van der Waals surface area contributed by atoms with Crippen LogP contribution in [0, 0.1) is 0 Å². The molecule has 4 rings (SSSR count). The number of benzene rings is 4. The van der Waals surface area contributed by atoms with Crippen LogP contribution in [-0.4, -0.2) is 16.8 Å². The van der Waals surface area contributed by atoms with E-state index in [0.717, 1.165) is 12.5 Å². The maximum absolute atomic E-state index is 14.2. The summed E-state index contributed by atoms with van der Waals surface area (Å²) in [6.45, 7) is 2.59. The number of esters is 1. The number of hydrogen-bond acceptors (Lipinski definition) is 3. The molecule has 0 saturated carbocycles. The van der Waals surface area contributed by atoms with Crippen LogP contribution in [0.5, 0.6) is 0 Å². The van der Waals surface area contributed by atoms with Crippen molar-refractivity contribution in [1.82, 2.24) is 4.90 Å². The zero-order chi connectivity index (χ0) is 27.1. The third-order valence-corrected chi connectivity index (χ3v) is 6.39. The second kappa shape index (κ2) is 11.8. The van der Waals surface area contributed by atoms with E-state index in [0.29, 0.717) is 16.7 Å². The van der Waals surface area contributed by atoms with Crippen molar-refractivity contribution in [2.45, 2.75) is 38.5 Å². The molecule has 194 valence electrons. The molecule has 1 amide bonds. The maximum atomic E-state index is 14.2. The van der Waals surface area contributed by atoms with Crippen molar-refractivity contribution in [2.24, 2.45) is 0 Å². The van der Waals surface area contributed by atoms with Gasteiger partial charge in [-0.2, -0.15) is 0 Å². The standard InChI is InChI=1S/C32H29F2NO3/c1-23(27-19-12-20-28(21-27)32(2,33)34)35(30(36)26-17-10-5-11-18-26)29(25-15-8-4-9-16-25)31(37)38-22-24-13-6-3-7-14-24/h3-21,23,29H,22H2,1-2H3/t23-,29-/m1/s1. The van der Waals surface area contributed by atoms with Gasteiger partial charge in [-0.3, -0.25) is 4.79 Å². The lowest BCUT2D eigenvalue weighted by Gasteiger charge is -2.36. The van der Waals surface area contributed by atoms with Gasteiger partial charge in [0.05, 0.1) is 6.04 Å². The van der Waals surface area contributed by atoms with Gasteiger partial charge in [-0.1, -0.05) is 97.1 Å². The van der Waals surface area contributed by atoms with Gasteiger partial charge in [-0.05, 0) is 41.8 Å². The number of rotatable bonds is 9. The summed E-state index contributed by atoms with van der Waals surface area (Å²) < 4.78 is 34.1. The van der Waals surface area contributed by atoms with Crippen LogP contribution in [0.2, 0.25) is 0 Å². The smallest absolute Gasteiger partial charge is 0.333 e. The highest BCUT2D eigenvalue weighted by molar-refractivity contribution is 5.97. The zero-order valence-electron chi connectivity index (χ0n) is 21.3. The van der Waals surface area contributed by atoms with Crippen molar-refractivity contribution in [1.29, 1.82) is 0 Å². The molecule has 0 radical (unpaired) electrons. The molecule has 0 aliphatic carbocycles. The van der Waals surface area contributed by atoms with Crippen LogP contribution in [-0.2, 0) is 22.1 Å². The molecule has 0 fully saturated rings. The first-order valence-corrected chi connectivity index (χ1v) is 12.4. The number of carbonyl (C=O) groups excluding carboxylic acids is 2. The number of amides is 1. The van der Waals surface area contributed by atoms with Crippen LogP contribution in [0.15, 0.2) is 115 Å². The summed E-state index contributed by atoms with van der Waals surface area (Å²) in [6.07, 6.45) is 0. The minimum absolute atomic E-state index is 0.0301. The van der Waals surface area contributed by atoms with Crippen molar-refractivity contribution in [3.05, 3.63) is 143 Å². The Bertz CT molecular complexity index is 1360. The zero-order valence-corrected chi connectivity index (χ0v) is 21.3. The van der Waals surface area contributed by atoms with Gasteiger partial charge in [-0.15, -0.1) is 0 Å². The van der Waals surface area contributed by atoms with Crippen molar-refractivity contribution in [3.8, 4) is 0 Å². The first-order valence-electron chi connectivity index (χ1n) is 12.4. The highest BCUT2D eigenvalue weighted by Gasteiger charge is 2.37. The first kappa shape index (κ1) is 26.7. The van der Waals surface area contributed by atoms with E-state index >= 15 is 0 Å². The van der Waals surface area contributed by atoms with E-state index in [1.54, 1.807) is 67.6 Å². The van der Waals surface area contributed by atoms with Crippen LogP contribution >= 0.6 is 0 Å². The van der Waals surface area contributed by atoms with Gasteiger partial charge in [0.25, 0.3) is 11.8 Å². The van der Waals surface area contributed by atoms with E-state index in [4.69, 9.17) is 4.74 Å². The number of halogens is 2. The van der Waals surface area contributed by atoms with Gasteiger partial charge in [-0.25, -0.2) is 13.6 Å². The van der Waals surface area contributed by atoms with Gasteiger partial charge in [0.1, 0.15) is 6.61 Å². The molecule has 0 N–H and O–H groups in total. The molecule has 0 aliphatic rings. The normalized spacial score (nSPS) is 12.8. The summed E-state index contributed by atoms with van der Waals surface area (Å²) in [5.74, 6) is -4.09. The molecule has 2 atom stereocenters. The average molecular weight is 514 g/mol. The number of nitrogens with zero attached hydrogens (tertiary/aromatic N) is 1. The molecular weight excluding hydrogens is 484 g/mol. The van der Waals surface area contributed by atoms with E-state index < -0.39 is 29.9 Å². The Morgan fingerprint density at radius 2 is 1.34 bits per heavy atom. The largest absolute Gasteiger partial charge is 0.459 e. The van der Waals surface area contributed by atoms with E-state index in [9.17, 15) is 18.4 Å². The lowest BCUT2D eigenvalue weighted by Crippen LogP contribution is -2.41. The second-order valence-corrected chi connectivity index (χ2v) is 9.17. The lowest BCUT2D eigenvalue weighted by atomic mass is 9.96. The third kappa shape index (κ3) is 6.32. The topological polar surface area (TPSA) is 46.6 Å². The monoisotopic (exact) mass is 513 g/mol. The van der Waals surface area contributed by atoms with E-state index in [1.807, 2.05) is 36.4 Å². The van der Waals surface area contributed by atoms with Gasteiger partial charge >= 0.3 is 5.97 Å². The van der Waals surface area contributed by atoms with Crippen molar-refractivity contribution >= 4 is 11.9 Å². The highest BCUT2D eigenvalue weighted by Crippen LogP contribution is 2.36. The summed E-state index contributed by atoms with van der Waals surface area (Å²) >= 11 is 0. The van der Waals surface area contributed by atoms with Gasteiger partial charge < -0.3 is 9.64 Å². The Kier molecular flexibility index (Phi) is 8.31. The summed E-state index contributed by atoms with van der Waals surface area (Å²) in [5, 5.41) is 0. The quantitative estimate of drug-likeness (QED) is 0.218. The summed E-state index contributed by atoms with van der Waals surface area (Å²) in [5.41, 5.74) is 2.04. The molecule has 0 aliphatic heterocycles. The predicted molar refractivity (Wildman–Crippen MR) is 142 cm³/mol. The lowest BCUT2D eigenvalue weighted by molar-refractivity contribution is -0.151. The Morgan fingerprint density at radius 3 is 1.95 bits per heavy atom. The molecule has 38 heavy (non-hydrogen) atoms.